The molecule has 6 heteroatoms. The number of hydrogen-bond donors (Lipinski definition) is 0. The smallest absolute Gasteiger partial charge is 0.348 e. The lowest BCUT2D eigenvalue weighted by molar-refractivity contribution is -0.222. The number of para-hydroxylation sites is 1. The van der Waals surface area contributed by atoms with Crippen LogP contribution in [0.25, 0.3) is 17.0 Å². The van der Waals surface area contributed by atoms with E-state index in [0.29, 0.717) is 5.56 Å². The highest BCUT2D eigenvalue weighted by Crippen LogP contribution is 2.27. The van der Waals surface area contributed by atoms with Crippen LogP contribution in [0.4, 0.5) is 0 Å². The van der Waals surface area contributed by atoms with Gasteiger partial charge in [0.05, 0.1) is 5.52 Å². The Hall–Kier alpha value is -2.40. The molecule has 1 aliphatic heterocycles. The van der Waals surface area contributed by atoms with Crippen molar-refractivity contribution in [1.82, 2.24) is 4.98 Å². The number of hydrogen-bond acceptors (Lipinski definition) is 5. The van der Waals surface area contributed by atoms with Gasteiger partial charge in [0, 0.05) is 24.8 Å². The van der Waals surface area contributed by atoms with E-state index in [-0.39, 0.29) is 10.7 Å². The Morgan fingerprint density at radius 3 is 2.45 bits per heavy atom. The van der Waals surface area contributed by atoms with E-state index in [9.17, 15) is 9.59 Å². The summed E-state index contributed by atoms with van der Waals surface area (Å²) in [6, 6.07) is 9.14. The molecule has 2 aromatic rings. The molecular weight excluding hydrogens is 306 g/mol. The third-order valence-corrected chi connectivity index (χ3v) is 3.42. The zero-order chi connectivity index (χ0) is 15.9. The highest BCUT2D eigenvalue weighted by Gasteiger charge is 2.38. The van der Waals surface area contributed by atoms with Gasteiger partial charge in [0.25, 0.3) is 5.79 Å². The van der Waals surface area contributed by atoms with Gasteiger partial charge in [-0.15, -0.1) is 0 Å². The first-order valence-electron chi connectivity index (χ1n) is 6.59. The lowest BCUT2D eigenvalue weighted by Gasteiger charge is -2.29. The van der Waals surface area contributed by atoms with E-state index in [2.05, 4.69) is 4.98 Å². The maximum Gasteiger partial charge on any atom is 0.348 e. The van der Waals surface area contributed by atoms with Gasteiger partial charge in [-0.3, -0.25) is 0 Å². The quantitative estimate of drug-likeness (QED) is 0.350. The molecular formula is C16H12ClNO4. The van der Waals surface area contributed by atoms with Crippen molar-refractivity contribution in [2.45, 2.75) is 19.6 Å². The molecule has 1 fully saturated rings. The van der Waals surface area contributed by atoms with Gasteiger partial charge in [-0.1, -0.05) is 29.8 Å². The molecule has 5 nitrogen and oxygen atoms in total. The van der Waals surface area contributed by atoms with E-state index in [4.69, 9.17) is 21.1 Å². The van der Waals surface area contributed by atoms with Crippen LogP contribution in [0.1, 0.15) is 19.4 Å². The maximum absolute atomic E-state index is 11.9. The van der Waals surface area contributed by atoms with Gasteiger partial charge in [0.1, 0.15) is 10.7 Å². The van der Waals surface area contributed by atoms with Gasteiger partial charge in [-0.2, -0.15) is 0 Å². The molecule has 0 amide bonds. The fourth-order valence-electron chi connectivity index (χ4n) is 2.14. The Kier molecular flexibility index (Phi) is 3.37. The number of aromatic nitrogens is 1. The first-order valence-corrected chi connectivity index (χ1v) is 6.97. The predicted octanol–water partition coefficient (Wildman–Crippen LogP) is 3.11. The van der Waals surface area contributed by atoms with Crippen LogP contribution in [0, 0.1) is 0 Å². The number of benzene rings is 1. The summed E-state index contributed by atoms with van der Waals surface area (Å²) in [7, 11) is 0. The summed E-state index contributed by atoms with van der Waals surface area (Å²) < 4.78 is 10.1. The minimum absolute atomic E-state index is 0.191. The zero-order valence-electron chi connectivity index (χ0n) is 11.9. The Bertz CT molecular complexity index is 804. The highest BCUT2D eigenvalue weighted by molar-refractivity contribution is 6.32. The van der Waals surface area contributed by atoms with E-state index in [1.807, 2.05) is 24.3 Å². The van der Waals surface area contributed by atoms with E-state index >= 15 is 0 Å². The van der Waals surface area contributed by atoms with Crippen molar-refractivity contribution in [2.24, 2.45) is 0 Å². The molecule has 0 bridgehead atoms. The summed E-state index contributed by atoms with van der Waals surface area (Å²) >= 11 is 6.11. The monoisotopic (exact) mass is 317 g/mol. The average molecular weight is 318 g/mol. The standard InChI is InChI=1S/C16H12ClNO4/c1-16(2)21-14(19)11(15(20)22-16)8-10-7-9-5-3-4-6-12(9)18-13(10)17/h3-8H,1-2H3. The fraction of sp³-hybridized carbons (Fsp3) is 0.188. The molecule has 2 heterocycles. The molecule has 1 aromatic carbocycles. The molecule has 1 saturated heterocycles. The molecule has 1 aliphatic rings. The van der Waals surface area contributed by atoms with Crippen LogP contribution < -0.4 is 0 Å². The minimum Gasteiger partial charge on any atom is -0.419 e. The maximum atomic E-state index is 11.9. The van der Waals surface area contributed by atoms with Crippen molar-refractivity contribution in [3.63, 3.8) is 0 Å². The van der Waals surface area contributed by atoms with E-state index in [1.54, 1.807) is 6.07 Å². The lowest BCUT2D eigenvalue weighted by atomic mass is 10.1. The van der Waals surface area contributed by atoms with Crippen LogP contribution in [0.5, 0.6) is 0 Å². The van der Waals surface area contributed by atoms with Crippen molar-refractivity contribution in [1.29, 1.82) is 0 Å². The van der Waals surface area contributed by atoms with Crippen molar-refractivity contribution in [2.75, 3.05) is 0 Å². The topological polar surface area (TPSA) is 65.5 Å². The molecule has 0 aliphatic carbocycles. The SMILES string of the molecule is CC1(C)OC(=O)C(=Cc2cc3ccccc3nc2Cl)C(=O)O1. The molecule has 0 N–H and O–H groups in total. The van der Waals surface area contributed by atoms with Gasteiger partial charge in [0.2, 0.25) is 0 Å². The molecule has 0 radical (unpaired) electrons. The van der Waals surface area contributed by atoms with Gasteiger partial charge in [-0.25, -0.2) is 14.6 Å². The van der Waals surface area contributed by atoms with Crippen LogP contribution in [0.15, 0.2) is 35.9 Å². The molecule has 3 rings (SSSR count). The number of esters is 2. The Labute approximate surface area is 131 Å². The first kappa shape index (κ1) is 14.5. The lowest BCUT2D eigenvalue weighted by Crippen LogP contribution is -2.41. The van der Waals surface area contributed by atoms with Crippen LogP contribution in [-0.2, 0) is 19.1 Å². The van der Waals surface area contributed by atoms with E-state index < -0.39 is 17.7 Å². The summed E-state index contributed by atoms with van der Waals surface area (Å²) in [4.78, 5) is 28.1. The molecule has 22 heavy (non-hydrogen) atoms. The van der Waals surface area contributed by atoms with E-state index in [0.717, 1.165) is 10.9 Å². The van der Waals surface area contributed by atoms with Gasteiger partial charge < -0.3 is 9.47 Å². The first-order chi connectivity index (χ1) is 10.4. The molecule has 1 aromatic heterocycles. The van der Waals surface area contributed by atoms with Gasteiger partial charge in [-0.05, 0) is 18.2 Å². The molecule has 0 spiro atoms. The Morgan fingerprint density at radius 1 is 1.14 bits per heavy atom. The number of nitrogens with zero attached hydrogens (tertiary/aromatic N) is 1. The minimum atomic E-state index is -1.27. The van der Waals surface area contributed by atoms with Crippen LogP contribution in [0.3, 0.4) is 0 Å². The fourth-order valence-corrected chi connectivity index (χ4v) is 2.34. The average Bonchev–Trinajstić information content (AvgIpc) is 2.42. The van der Waals surface area contributed by atoms with Crippen molar-refractivity contribution in [3.8, 4) is 0 Å². The van der Waals surface area contributed by atoms with Crippen molar-refractivity contribution < 1.29 is 19.1 Å². The zero-order valence-corrected chi connectivity index (χ0v) is 12.7. The summed E-state index contributed by atoms with van der Waals surface area (Å²) in [5.41, 5.74) is 0.965. The molecule has 112 valence electrons. The van der Waals surface area contributed by atoms with Gasteiger partial charge >= 0.3 is 11.9 Å². The molecule has 0 unspecified atom stereocenters. The summed E-state index contributed by atoms with van der Waals surface area (Å²) in [6.07, 6.45) is 1.34. The van der Waals surface area contributed by atoms with Crippen LogP contribution >= 0.6 is 11.6 Å². The predicted molar refractivity (Wildman–Crippen MR) is 81.0 cm³/mol. The van der Waals surface area contributed by atoms with Crippen molar-refractivity contribution in [3.05, 3.63) is 46.6 Å². The van der Waals surface area contributed by atoms with E-state index in [1.165, 1.54) is 19.9 Å². The third-order valence-electron chi connectivity index (χ3n) is 3.12. The van der Waals surface area contributed by atoms with Gasteiger partial charge in [0.15, 0.2) is 0 Å². The Morgan fingerprint density at radius 2 is 1.77 bits per heavy atom. The number of pyridine rings is 1. The molecule has 0 atom stereocenters. The normalized spacial score (nSPS) is 17.1. The number of rotatable bonds is 1. The number of cyclic esters (lactones) is 2. The summed E-state index contributed by atoms with van der Waals surface area (Å²) in [5.74, 6) is -2.76. The number of carbonyl (C=O) groups is 2. The highest BCUT2D eigenvalue weighted by atomic mass is 35.5. The number of ether oxygens (including phenoxy) is 2. The second kappa shape index (κ2) is 5.10. The number of halogens is 1. The number of fused-ring (bicyclic) bond motifs is 1. The van der Waals surface area contributed by atoms with Crippen LogP contribution in [-0.4, -0.2) is 22.7 Å². The second-order valence-electron chi connectivity index (χ2n) is 5.30. The van der Waals surface area contributed by atoms with Crippen LogP contribution in [0.2, 0.25) is 5.15 Å². The summed E-state index contributed by atoms with van der Waals surface area (Å²) in [6.45, 7) is 2.98. The Balaban J connectivity index is 2.06. The summed E-state index contributed by atoms with van der Waals surface area (Å²) in [5, 5.41) is 1.04. The van der Waals surface area contributed by atoms with Crippen molar-refractivity contribution >= 4 is 40.5 Å². The second-order valence-corrected chi connectivity index (χ2v) is 5.66. The number of carbonyl (C=O) groups excluding carboxylic acids is 2. The third kappa shape index (κ3) is 2.67. The molecule has 0 saturated carbocycles. The largest absolute Gasteiger partial charge is 0.419 e.